The molecule has 0 saturated heterocycles. The van der Waals surface area contributed by atoms with E-state index in [4.69, 9.17) is 4.74 Å². The molecule has 0 amide bonds. The van der Waals surface area contributed by atoms with Crippen molar-refractivity contribution in [1.29, 1.82) is 0 Å². The molecule has 0 N–H and O–H groups in total. The zero-order valence-electron chi connectivity index (χ0n) is 9.91. The van der Waals surface area contributed by atoms with Gasteiger partial charge in [-0.15, -0.1) is 11.3 Å². The molecule has 2 rings (SSSR count). The highest BCUT2D eigenvalue weighted by Gasteiger charge is 2.24. The number of ether oxygens (including phenoxy) is 1. The molecule has 0 aromatic carbocycles. The fourth-order valence-electron chi connectivity index (χ4n) is 2.64. The SMILES string of the molecule is CC1CC(C)CC(OCc2cc(Br)cs2)C1. The van der Waals surface area contributed by atoms with Crippen molar-refractivity contribution in [3.63, 3.8) is 0 Å². The van der Waals surface area contributed by atoms with Crippen molar-refractivity contribution >= 4 is 27.3 Å². The van der Waals surface area contributed by atoms with E-state index in [1.54, 1.807) is 11.3 Å². The lowest BCUT2D eigenvalue weighted by molar-refractivity contribution is -0.00804. The van der Waals surface area contributed by atoms with E-state index in [0.29, 0.717) is 6.10 Å². The van der Waals surface area contributed by atoms with Crippen LogP contribution < -0.4 is 0 Å². The number of halogens is 1. The maximum absolute atomic E-state index is 6.01. The van der Waals surface area contributed by atoms with E-state index in [1.807, 2.05) is 0 Å². The van der Waals surface area contributed by atoms with E-state index in [-0.39, 0.29) is 0 Å². The third-order valence-electron chi connectivity index (χ3n) is 3.22. The average Bonchev–Trinajstić information content (AvgIpc) is 2.60. The van der Waals surface area contributed by atoms with Gasteiger partial charge in [-0.05, 0) is 53.1 Å². The number of rotatable bonds is 3. The molecule has 1 aromatic heterocycles. The van der Waals surface area contributed by atoms with Crippen LogP contribution >= 0.6 is 27.3 Å². The van der Waals surface area contributed by atoms with Crippen molar-refractivity contribution < 1.29 is 4.74 Å². The fraction of sp³-hybridized carbons (Fsp3) is 0.692. The second-order valence-electron chi connectivity index (χ2n) is 5.08. The first-order valence-corrected chi connectivity index (χ1v) is 7.65. The third-order valence-corrected chi connectivity index (χ3v) is 4.89. The predicted molar refractivity (Wildman–Crippen MR) is 72.8 cm³/mol. The van der Waals surface area contributed by atoms with Crippen molar-refractivity contribution in [3.05, 3.63) is 20.8 Å². The van der Waals surface area contributed by atoms with Gasteiger partial charge in [0.2, 0.25) is 0 Å². The van der Waals surface area contributed by atoms with Crippen LogP contribution in [0.1, 0.15) is 38.0 Å². The Balaban J connectivity index is 1.81. The number of thiophene rings is 1. The van der Waals surface area contributed by atoms with Crippen molar-refractivity contribution in [3.8, 4) is 0 Å². The summed E-state index contributed by atoms with van der Waals surface area (Å²) in [5, 5.41) is 2.12. The Kier molecular flexibility index (Phi) is 4.45. The molecular weight excluding hydrogens is 284 g/mol. The van der Waals surface area contributed by atoms with Gasteiger partial charge in [0.1, 0.15) is 0 Å². The molecular formula is C13H19BrOS. The van der Waals surface area contributed by atoms with Crippen LogP contribution in [-0.2, 0) is 11.3 Å². The first-order chi connectivity index (χ1) is 7.63. The Morgan fingerprint density at radius 3 is 2.56 bits per heavy atom. The summed E-state index contributed by atoms with van der Waals surface area (Å²) in [6, 6.07) is 2.15. The van der Waals surface area contributed by atoms with Gasteiger partial charge in [-0.1, -0.05) is 13.8 Å². The molecule has 1 aliphatic carbocycles. The van der Waals surface area contributed by atoms with Crippen LogP contribution in [0.15, 0.2) is 15.9 Å². The smallest absolute Gasteiger partial charge is 0.0813 e. The number of hydrogen-bond donors (Lipinski definition) is 0. The van der Waals surface area contributed by atoms with E-state index in [9.17, 15) is 0 Å². The van der Waals surface area contributed by atoms with Crippen molar-refractivity contribution in [2.24, 2.45) is 11.8 Å². The van der Waals surface area contributed by atoms with Crippen molar-refractivity contribution in [2.45, 2.75) is 45.8 Å². The highest BCUT2D eigenvalue weighted by Crippen LogP contribution is 2.31. The fourth-order valence-corrected chi connectivity index (χ4v) is 4.01. The second-order valence-corrected chi connectivity index (χ2v) is 6.99. The van der Waals surface area contributed by atoms with Crippen LogP contribution in [0.5, 0.6) is 0 Å². The van der Waals surface area contributed by atoms with Crippen LogP contribution in [0.25, 0.3) is 0 Å². The highest BCUT2D eigenvalue weighted by molar-refractivity contribution is 9.10. The average molecular weight is 303 g/mol. The molecule has 1 saturated carbocycles. The summed E-state index contributed by atoms with van der Waals surface area (Å²) >= 11 is 5.24. The molecule has 90 valence electrons. The molecule has 1 fully saturated rings. The Labute approximate surface area is 110 Å². The van der Waals surface area contributed by atoms with Gasteiger partial charge in [-0.2, -0.15) is 0 Å². The monoisotopic (exact) mass is 302 g/mol. The largest absolute Gasteiger partial charge is 0.373 e. The van der Waals surface area contributed by atoms with E-state index in [0.717, 1.165) is 18.4 Å². The molecule has 0 spiro atoms. The van der Waals surface area contributed by atoms with Gasteiger partial charge in [0.15, 0.2) is 0 Å². The zero-order chi connectivity index (χ0) is 11.5. The molecule has 0 radical (unpaired) electrons. The predicted octanol–water partition coefficient (Wildman–Crippen LogP) is 4.85. The van der Waals surface area contributed by atoms with Gasteiger partial charge < -0.3 is 4.74 Å². The maximum atomic E-state index is 6.01. The summed E-state index contributed by atoms with van der Waals surface area (Å²) in [5.74, 6) is 1.65. The summed E-state index contributed by atoms with van der Waals surface area (Å²) in [6.07, 6.45) is 4.30. The van der Waals surface area contributed by atoms with E-state index in [1.165, 1.54) is 28.6 Å². The maximum Gasteiger partial charge on any atom is 0.0813 e. The topological polar surface area (TPSA) is 9.23 Å². The van der Waals surface area contributed by atoms with Crippen molar-refractivity contribution in [2.75, 3.05) is 0 Å². The Morgan fingerprint density at radius 1 is 1.31 bits per heavy atom. The summed E-state index contributed by atoms with van der Waals surface area (Å²) in [5.41, 5.74) is 0. The quantitative estimate of drug-likeness (QED) is 0.775. The molecule has 1 heterocycles. The van der Waals surface area contributed by atoms with Gasteiger partial charge >= 0.3 is 0 Å². The summed E-state index contributed by atoms with van der Waals surface area (Å²) in [7, 11) is 0. The first-order valence-electron chi connectivity index (χ1n) is 5.98. The van der Waals surface area contributed by atoms with Crippen LogP contribution in [0.3, 0.4) is 0 Å². The van der Waals surface area contributed by atoms with Gasteiger partial charge in [0.25, 0.3) is 0 Å². The van der Waals surface area contributed by atoms with Crippen LogP contribution in [0.2, 0.25) is 0 Å². The van der Waals surface area contributed by atoms with Gasteiger partial charge in [-0.25, -0.2) is 0 Å². The molecule has 2 unspecified atom stereocenters. The molecule has 2 atom stereocenters. The van der Waals surface area contributed by atoms with Crippen LogP contribution in [-0.4, -0.2) is 6.10 Å². The van der Waals surface area contributed by atoms with Crippen LogP contribution in [0, 0.1) is 11.8 Å². The molecule has 1 aliphatic rings. The lowest BCUT2D eigenvalue weighted by Gasteiger charge is -2.31. The standard InChI is InChI=1S/C13H19BrOS/c1-9-3-10(2)5-12(4-9)15-7-13-6-11(14)8-16-13/h6,8-10,12H,3-5,7H2,1-2H3. The second kappa shape index (κ2) is 5.65. The van der Waals surface area contributed by atoms with E-state index in [2.05, 4.69) is 41.2 Å². The third kappa shape index (κ3) is 3.57. The molecule has 1 nitrogen and oxygen atoms in total. The lowest BCUT2D eigenvalue weighted by Crippen LogP contribution is -2.26. The Bertz CT molecular complexity index is 326. The lowest BCUT2D eigenvalue weighted by atomic mass is 9.82. The van der Waals surface area contributed by atoms with E-state index < -0.39 is 0 Å². The first kappa shape index (κ1) is 12.6. The normalized spacial score (nSPS) is 30.6. The van der Waals surface area contributed by atoms with Crippen molar-refractivity contribution in [1.82, 2.24) is 0 Å². The zero-order valence-corrected chi connectivity index (χ0v) is 12.3. The van der Waals surface area contributed by atoms with Gasteiger partial charge in [0, 0.05) is 14.7 Å². The summed E-state index contributed by atoms with van der Waals surface area (Å²) in [6.45, 7) is 5.46. The van der Waals surface area contributed by atoms with Gasteiger partial charge in [-0.3, -0.25) is 0 Å². The highest BCUT2D eigenvalue weighted by atomic mass is 79.9. The molecule has 0 aliphatic heterocycles. The van der Waals surface area contributed by atoms with Crippen LogP contribution in [0.4, 0.5) is 0 Å². The Morgan fingerprint density at radius 2 is 2.00 bits per heavy atom. The molecule has 1 aromatic rings. The summed E-state index contributed by atoms with van der Waals surface area (Å²) < 4.78 is 7.18. The number of hydrogen-bond acceptors (Lipinski definition) is 2. The van der Waals surface area contributed by atoms with E-state index >= 15 is 0 Å². The minimum atomic E-state index is 0.472. The summed E-state index contributed by atoms with van der Waals surface area (Å²) in [4.78, 5) is 1.32. The molecule has 16 heavy (non-hydrogen) atoms. The molecule has 0 bridgehead atoms. The minimum Gasteiger partial charge on any atom is -0.373 e. The Hall–Kier alpha value is 0.140. The minimum absolute atomic E-state index is 0.472. The van der Waals surface area contributed by atoms with Gasteiger partial charge in [0.05, 0.1) is 12.7 Å². The molecule has 3 heteroatoms.